The summed E-state index contributed by atoms with van der Waals surface area (Å²) in [6.07, 6.45) is 6.65. The molecule has 0 unspecified atom stereocenters. The normalized spacial score (nSPS) is 17.9. The Morgan fingerprint density at radius 3 is 2.32 bits per heavy atom. The van der Waals surface area contributed by atoms with Gasteiger partial charge in [0.1, 0.15) is 0 Å². The van der Waals surface area contributed by atoms with Crippen molar-refractivity contribution in [1.29, 1.82) is 0 Å². The average molecular weight is 290 g/mol. The Labute approximate surface area is 116 Å². The van der Waals surface area contributed by atoms with Crippen LogP contribution in [0.2, 0.25) is 0 Å². The fraction of sp³-hybridized carbons (Fsp3) is 0.923. The van der Waals surface area contributed by atoms with Gasteiger partial charge in [0.15, 0.2) is 0 Å². The summed E-state index contributed by atoms with van der Waals surface area (Å²) in [5.41, 5.74) is 0. The van der Waals surface area contributed by atoms with Crippen LogP contribution >= 0.6 is 0 Å². The highest BCUT2D eigenvalue weighted by Gasteiger charge is 2.28. The molecule has 1 aliphatic carbocycles. The van der Waals surface area contributed by atoms with E-state index in [-0.39, 0.29) is 24.4 Å². The van der Waals surface area contributed by atoms with Crippen molar-refractivity contribution in [2.24, 2.45) is 0 Å². The molecule has 0 spiro atoms. The summed E-state index contributed by atoms with van der Waals surface area (Å²) in [6.45, 7) is 4.09. The molecule has 1 amide bonds. The summed E-state index contributed by atoms with van der Waals surface area (Å²) in [7, 11) is -3.24. The molecule has 0 aromatic rings. The maximum Gasteiger partial charge on any atom is 0.221 e. The van der Waals surface area contributed by atoms with Crippen LogP contribution in [0, 0.1) is 0 Å². The molecule has 1 aliphatic rings. The number of nitrogens with zero attached hydrogens (tertiary/aromatic N) is 1. The summed E-state index contributed by atoms with van der Waals surface area (Å²) in [5, 5.41) is 2.79. The summed E-state index contributed by atoms with van der Waals surface area (Å²) in [4.78, 5) is 11.6. The Bertz CT molecular complexity index is 387. The molecule has 0 saturated heterocycles. The summed E-state index contributed by atoms with van der Waals surface area (Å²) in [5.74, 6) is -0.0838. The number of sulfonamides is 1. The van der Waals surface area contributed by atoms with E-state index in [9.17, 15) is 13.2 Å². The maximum absolute atomic E-state index is 11.9. The number of hydrogen-bond acceptors (Lipinski definition) is 3. The van der Waals surface area contributed by atoms with E-state index in [1.54, 1.807) is 0 Å². The van der Waals surface area contributed by atoms with E-state index >= 15 is 0 Å². The standard InChI is InChI=1S/C13H26N2O3S/c1-11(2)14-13(16)9-10-15(19(3,17)18)12-7-5-4-6-8-12/h11-12H,4-10H2,1-3H3,(H,14,16). The Kier molecular flexibility index (Phi) is 6.26. The van der Waals surface area contributed by atoms with Crippen LogP contribution in [0.15, 0.2) is 0 Å². The Balaban J connectivity index is 2.58. The van der Waals surface area contributed by atoms with E-state index in [1.165, 1.54) is 17.0 Å². The number of carbonyl (C=O) groups excluding carboxylic acids is 1. The third kappa shape index (κ3) is 5.91. The van der Waals surface area contributed by atoms with Gasteiger partial charge in [-0.1, -0.05) is 19.3 Å². The number of amides is 1. The van der Waals surface area contributed by atoms with E-state index in [0.717, 1.165) is 25.7 Å². The molecule has 1 fully saturated rings. The van der Waals surface area contributed by atoms with E-state index in [0.29, 0.717) is 6.54 Å². The lowest BCUT2D eigenvalue weighted by Gasteiger charge is -2.32. The quantitative estimate of drug-likeness (QED) is 0.806. The minimum absolute atomic E-state index is 0.0793. The molecule has 1 rings (SSSR count). The molecule has 0 aromatic heterocycles. The molecule has 0 atom stereocenters. The molecular formula is C13H26N2O3S. The maximum atomic E-state index is 11.9. The third-order valence-electron chi connectivity index (χ3n) is 3.42. The van der Waals surface area contributed by atoms with Crippen molar-refractivity contribution in [3.63, 3.8) is 0 Å². The van der Waals surface area contributed by atoms with Gasteiger partial charge in [-0.25, -0.2) is 8.42 Å². The smallest absolute Gasteiger partial charge is 0.221 e. The van der Waals surface area contributed by atoms with Gasteiger partial charge >= 0.3 is 0 Å². The lowest BCUT2D eigenvalue weighted by molar-refractivity contribution is -0.121. The second-order valence-corrected chi connectivity index (χ2v) is 7.57. The highest BCUT2D eigenvalue weighted by Crippen LogP contribution is 2.24. The van der Waals surface area contributed by atoms with Gasteiger partial charge in [-0.3, -0.25) is 4.79 Å². The van der Waals surface area contributed by atoms with E-state index < -0.39 is 10.0 Å². The van der Waals surface area contributed by atoms with Crippen molar-refractivity contribution in [1.82, 2.24) is 9.62 Å². The third-order valence-corrected chi connectivity index (χ3v) is 4.75. The Morgan fingerprint density at radius 1 is 1.26 bits per heavy atom. The van der Waals surface area contributed by atoms with Gasteiger partial charge in [-0.05, 0) is 26.7 Å². The highest BCUT2D eigenvalue weighted by molar-refractivity contribution is 7.88. The average Bonchev–Trinajstić information content (AvgIpc) is 2.27. The molecule has 112 valence electrons. The predicted molar refractivity (Wildman–Crippen MR) is 76.3 cm³/mol. The molecule has 0 heterocycles. The number of carbonyl (C=O) groups is 1. The molecule has 19 heavy (non-hydrogen) atoms. The topological polar surface area (TPSA) is 66.5 Å². The van der Waals surface area contributed by atoms with Crippen molar-refractivity contribution in [3.05, 3.63) is 0 Å². The largest absolute Gasteiger partial charge is 0.354 e. The summed E-state index contributed by atoms with van der Waals surface area (Å²) >= 11 is 0. The van der Waals surface area contributed by atoms with Crippen LogP contribution in [0.4, 0.5) is 0 Å². The van der Waals surface area contributed by atoms with Gasteiger partial charge < -0.3 is 5.32 Å². The molecule has 6 heteroatoms. The number of rotatable bonds is 6. The van der Waals surface area contributed by atoms with Gasteiger partial charge in [0, 0.05) is 25.0 Å². The van der Waals surface area contributed by atoms with Crippen LogP contribution in [0.25, 0.3) is 0 Å². The van der Waals surface area contributed by atoms with Crippen molar-refractivity contribution in [2.75, 3.05) is 12.8 Å². The fourth-order valence-electron chi connectivity index (χ4n) is 2.59. The summed E-state index contributed by atoms with van der Waals surface area (Å²) in [6, 6.07) is 0.171. The Hall–Kier alpha value is -0.620. The second kappa shape index (κ2) is 7.24. The lowest BCUT2D eigenvalue weighted by Crippen LogP contribution is -2.43. The van der Waals surface area contributed by atoms with Gasteiger partial charge in [-0.2, -0.15) is 4.31 Å². The molecule has 0 bridgehead atoms. The Morgan fingerprint density at radius 2 is 1.84 bits per heavy atom. The first-order valence-corrected chi connectivity index (χ1v) is 8.91. The zero-order valence-corrected chi connectivity index (χ0v) is 13.0. The first-order chi connectivity index (χ1) is 8.80. The van der Waals surface area contributed by atoms with E-state index in [2.05, 4.69) is 5.32 Å². The molecule has 1 N–H and O–H groups in total. The van der Waals surface area contributed by atoms with E-state index in [1.807, 2.05) is 13.8 Å². The minimum atomic E-state index is -3.24. The van der Waals surface area contributed by atoms with Crippen molar-refractivity contribution in [3.8, 4) is 0 Å². The van der Waals surface area contributed by atoms with Crippen LogP contribution in [0.1, 0.15) is 52.4 Å². The zero-order valence-electron chi connectivity index (χ0n) is 12.2. The van der Waals surface area contributed by atoms with Crippen molar-refractivity contribution < 1.29 is 13.2 Å². The summed E-state index contributed by atoms with van der Waals surface area (Å²) < 4.78 is 25.2. The van der Waals surface area contributed by atoms with Gasteiger partial charge in [0.2, 0.25) is 15.9 Å². The predicted octanol–water partition coefficient (Wildman–Crippen LogP) is 1.50. The van der Waals surface area contributed by atoms with Gasteiger partial charge in [0.05, 0.1) is 6.26 Å². The first-order valence-electron chi connectivity index (χ1n) is 7.07. The molecule has 5 nitrogen and oxygen atoms in total. The van der Waals surface area contributed by atoms with Crippen LogP contribution in [-0.2, 0) is 14.8 Å². The fourth-order valence-corrected chi connectivity index (χ4v) is 3.77. The van der Waals surface area contributed by atoms with Crippen LogP contribution < -0.4 is 5.32 Å². The molecule has 0 radical (unpaired) electrons. The highest BCUT2D eigenvalue weighted by atomic mass is 32.2. The van der Waals surface area contributed by atoms with E-state index in [4.69, 9.17) is 0 Å². The van der Waals surface area contributed by atoms with Crippen molar-refractivity contribution in [2.45, 2.75) is 64.5 Å². The lowest BCUT2D eigenvalue weighted by atomic mass is 9.95. The van der Waals surface area contributed by atoms with Crippen LogP contribution in [0.3, 0.4) is 0 Å². The zero-order chi connectivity index (χ0) is 14.5. The molecule has 0 aliphatic heterocycles. The first kappa shape index (κ1) is 16.4. The van der Waals surface area contributed by atoms with Crippen molar-refractivity contribution >= 4 is 15.9 Å². The monoisotopic (exact) mass is 290 g/mol. The van der Waals surface area contributed by atoms with Crippen LogP contribution in [0.5, 0.6) is 0 Å². The SMILES string of the molecule is CC(C)NC(=O)CCN(C1CCCCC1)S(C)(=O)=O. The minimum Gasteiger partial charge on any atom is -0.354 e. The van der Waals surface area contributed by atoms with Crippen LogP contribution in [-0.4, -0.2) is 43.5 Å². The molecular weight excluding hydrogens is 264 g/mol. The van der Waals surface area contributed by atoms with Gasteiger partial charge in [0.25, 0.3) is 0 Å². The number of hydrogen-bond donors (Lipinski definition) is 1. The van der Waals surface area contributed by atoms with Gasteiger partial charge in [-0.15, -0.1) is 0 Å². The second-order valence-electron chi connectivity index (χ2n) is 5.64. The number of nitrogens with one attached hydrogen (secondary N) is 1. The molecule has 1 saturated carbocycles. The molecule has 0 aromatic carbocycles.